The molecule has 4 aromatic rings. The second-order valence-electron chi connectivity index (χ2n) is 6.27. The van der Waals surface area contributed by atoms with E-state index in [-0.39, 0.29) is 5.82 Å². The summed E-state index contributed by atoms with van der Waals surface area (Å²) in [5.41, 5.74) is 2.20. The summed E-state index contributed by atoms with van der Waals surface area (Å²) < 4.78 is 23.5. The van der Waals surface area contributed by atoms with Crippen molar-refractivity contribution in [3.8, 4) is 17.0 Å². The third kappa shape index (κ3) is 4.10. The number of benzene rings is 1. The van der Waals surface area contributed by atoms with Crippen molar-refractivity contribution in [1.82, 2.24) is 15.0 Å². The number of hydrogen-bond donors (Lipinski definition) is 2. The van der Waals surface area contributed by atoms with E-state index in [9.17, 15) is 0 Å². The van der Waals surface area contributed by atoms with Crippen LogP contribution in [-0.2, 0) is 0 Å². The summed E-state index contributed by atoms with van der Waals surface area (Å²) in [6.07, 6.45) is 4.86. The van der Waals surface area contributed by atoms with Crippen molar-refractivity contribution in [2.45, 2.75) is 4.90 Å². The fraction of sp³-hybridized carbons (Fsp3) is 0.0952. The quantitative estimate of drug-likeness (QED) is 0.374. The lowest BCUT2D eigenvalue weighted by Gasteiger charge is -2.12. The van der Waals surface area contributed by atoms with Gasteiger partial charge in [-0.05, 0) is 30.1 Å². The summed E-state index contributed by atoms with van der Waals surface area (Å²) in [6.45, 7) is 0. The SMILES string of the molecule is CNc1cc2ncc(-c3cccc(NSc4cc(Cl)cnc4OC)c3F)cc2cn1. The predicted molar refractivity (Wildman–Crippen MR) is 120 cm³/mol. The number of halogens is 2. The second kappa shape index (κ2) is 8.73. The van der Waals surface area contributed by atoms with Gasteiger partial charge in [0.25, 0.3) is 0 Å². The van der Waals surface area contributed by atoms with E-state index >= 15 is 4.39 Å². The van der Waals surface area contributed by atoms with Crippen LogP contribution in [0, 0.1) is 5.82 Å². The summed E-state index contributed by atoms with van der Waals surface area (Å²) in [7, 11) is 3.31. The Morgan fingerprint density at radius 1 is 1.07 bits per heavy atom. The van der Waals surface area contributed by atoms with Crippen molar-refractivity contribution in [2.75, 3.05) is 24.2 Å². The average molecular weight is 442 g/mol. The van der Waals surface area contributed by atoms with Gasteiger partial charge in [-0.3, -0.25) is 4.98 Å². The van der Waals surface area contributed by atoms with Crippen molar-refractivity contribution in [2.24, 2.45) is 0 Å². The maximum Gasteiger partial charge on any atom is 0.228 e. The van der Waals surface area contributed by atoms with Crippen LogP contribution in [0.1, 0.15) is 0 Å². The average Bonchev–Trinajstić information content (AvgIpc) is 2.77. The zero-order chi connectivity index (χ0) is 21.1. The molecule has 0 aliphatic carbocycles. The van der Waals surface area contributed by atoms with E-state index in [2.05, 4.69) is 25.0 Å². The lowest BCUT2D eigenvalue weighted by Crippen LogP contribution is -1.97. The molecule has 30 heavy (non-hydrogen) atoms. The Morgan fingerprint density at radius 2 is 1.93 bits per heavy atom. The number of ether oxygens (including phenoxy) is 1. The summed E-state index contributed by atoms with van der Waals surface area (Å²) in [5, 5.41) is 4.27. The van der Waals surface area contributed by atoms with Crippen LogP contribution >= 0.6 is 23.5 Å². The molecule has 0 amide bonds. The monoisotopic (exact) mass is 441 g/mol. The third-order valence-corrected chi connectivity index (χ3v) is 5.42. The van der Waals surface area contributed by atoms with Crippen LogP contribution in [0.25, 0.3) is 22.0 Å². The van der Waals surface area contributed by atoms with Gasteiger partial charge in [-0.2, -0.15) is 0 Å². The van der Waals surface area contributed by atoms with Crippen LogP contribution in [0.2, 0.25) is 5.02 Å². The fourth-order valence-electron chi connectivity index (χ4n) is 2.88. The van der Waals surface area contributed by atoms with Crippen molar-refractivity contribution >= 4 is 46.0 Å². The summed E-state index contributed by atoms with van der Waals surface area (Å²) in [6, 6.07) is 10.6. The van der Waals surface area contributed by atoms with Crippen LogP contribution in [0.4, 0.5) is 15.9 Å². The first-order valence-electron chi connectivity index (χ1n) is 8.94. The molecule has 152 valence electrons. The highest BCUT2D eigenvalue weighted by atomic mass is 35.5. The van der Waals surface area contributed by atoms with Gasteiger partial charge in [0.05, 0.1) is 28.2 Å². The minimum Gasteiger partial charge on any atom is -0.480 e. The zero-order valence-electron chi connectivity index (χ0n) is 16.1. The van der Waals surface area contributed by atoms with Gasteiger partial charge in [0, 0.05) is 48.2 Å². The van der Waals surface area contributed by atoms with Crippen LogP contribution in [0.15, 0.2) is 59.9 Å². The molecule has 1 aromatic carbocycles. The molecule has 0 radical (unpaired) electrons. The maximum atomic E-state index is 15.2. The number of hydrogen-bond acceptors (Lipinski definition) is 7. The number of nitrogens with one attached hydrogen (secondary N) is 2. The molecule has 0 fully saturated rings. The molecule has 0 atom stereocenters. The lowest BCUT2D eigenvalue weighted by molar-refractivity contribution is 0.387. The smallest absolute Gasteiger partial charge is 0.228 e. The summed E-state index contributed by atoms with van der Waals surface area (Å²) in [4.78, 5) is 13.5. The van der Waals surface area contributed by atoms with Crippen molar-refractivity contribution in [3.63, 3.8) is 0 Å². The first-order valence-corrected chi connectivity index (χ1v) is 10.1. The molecular formula is C21H17ClFN5OS. The fourth-order valence-corrected chi connectivity index (χ4v) is 3.89. The number of anilines is 2. The van der Waals surface area contributed by atoms with Gasteiger partial charge in [-0.1, -0.05) is 23.7 Å². The summed E-state index contributed by atoms with van der Waals surface area (Å²) >= 11 is 7.18. The molecule has 4 rings (SSSR count). The van der Waals surface area contributed by atoms with Gasteiger partial charge in [0.1, 0.15) is 5.82 Å². The van der Waals surface area contributed by atoms with E-state index in [1.165, 1.54) is 25.3 Å². The molecular weight excluding hydrogens is 425 g/mol. The number of rotatable bonds is 6. The minimum atomic E-state index is -0.389. The lowest BCUT2D eigenvalue weighted by atomic mass is 10.0. The van der Waals surface area contributed by atoms with Gasteiger partial charge in [0.2, 0.25) is 5.88 Å². The van der Waals surface area contributed by atoms with Gasteiger partial charge in [-0.15, -0.1) is 0 Å². The molecule has 3 aromatic heterocycles. The molecule has 0 aliphatic heterocycles. The normalized spacial score (nSPS) is 10.8. The number of aromatic nitrogens is 3. The molecule has 0 saturated heterocycles. The molecule has 0 spiro atoms. The predicted octanol–water partition coefficient (Wildman–Crippen LogP) is 5.65. The highest BCUT2D eigenvalue weighted by molar-refractivity contribution is 8.00. The zero-order valence-corrected chi connectivity index (χ0v) is 17.7. The van der Waals surface area contributed by atoms with E-state index in [0.717, 1.165) is 16.7 Å². The molecule has 9 heteroatoms. The van der Waals surface area contributed by atoms with Gasteiger partial charge in [-0.25, -0.2) is 14.4 Å². The first-order chi connectivity index (χ1) is 14.6. The minimum absolute atomic E-state index is 0.322. The number of pyridine rings is 3. The first kappa shape index (κ1) is 20.2. The molecule has 0 aliphatic rings. The van der Waals surface area contributed by atoms with Crippen LogP contribution in [0.5, 0.6) is 5.88 Å². The Bertz CT molecular complexity index is 1220. The topological polar surface area (TPSA) is 72.0 Å². The van der Waals surface area contributed by atoms with Crippen LogP contribution < -0.4 is 14.8 Å². The van der Waals surface area contributed by atoms with E-state index in [4.69, 9.17) is 16.3 Å². The second-order valence-corrected chi connectivity index (χ2v) is 7.55. The summed E-state index contributed by atoms with van der Waals surface area (Å²) in [5.74, 6) is 0.739. The Kier molecular flexibility index (Phi) is 5.87. The van der Waals surface area contributed by atoms with Gasteiger partial charge >= 0.3 is 0 Å². The van der Waals surface area contributed by atoms with Gasteiger partial charge in [0.15, 0.2) is 5.82 Å². The third-order valence-electron chi connectivity index (χ3n) is 4.38. The van der Waals surface area contributed by atoms with Crippen molar-refractivity contribution < 1.29 is 9.13 Å². The molecule has 3 heterocycles. The van der Waals surface area contributed by atoms with Crippen molar-refractivity contribution in [1.29, 1.82) is 0 Å². The largest absolute Gasteiger partial charge is 0.480 e. The van der Waals surface area contributed by atoms with Gasteiger partial charge < -0.3 is 14.8 Å². The number of nitrogens with zero attached hydrogens (tertiary/aromatic N) is 3. The highest BCUT2D eigenvalue weighted by Gasteiger charge is 2.13. The number of fused-ring (bicyclic) bond motifs is 1. The molecule has 6 nitrogen and oxygen atoms in total. The van der Waals surface area contributed by atoms with Crippen LogP contribution in [0.3, 0.4) is 0 Å². The van der Waals surface area contributed by atoms with Crippen LogP contribution in [-0.4, -0.2) is 29.1 Å². The van der Waals surface area contributed by atoms with E-state index in [1.807, 2.05) is 12.1 Å². The molecule has 2 N–H and O–H groups in total. The van der Waals surface area contributed by atoms with E-state index in [0.29, 0.717) is 32.6 Å². The Morgan fingerprint density at radius 3 is 2.73 bits per heavy atom. The number of methoxy groups -OCH3 is 1. The Balaban J connectivity index is 1.63. The Labute approximate surface area is 182 Å². The van der Waals surface area contributed by atoms with E-state index in [1.54, 1.807) is 43.7 Å². The highest BCUT2D eigenvalue weighted by Crippen LogP contribution is 2.34. The molecule has 0 bridgehead atoms. The molecule has 0 unspecified atom stereocenters. The molecule has 0 saturated carbocycles. The Hall–Kier alpha value is -3.10. The standard InChI is InChI=1S/C21H17ClFN5OS/c1-24-19-8-17-13(10-26-19)6-12(9-25-17)15-4-3-5-16(20(15)23)28-30-18-7-14(22)11-27-21(18)29-2/h3-11,28H,1-2H3,(H,24,26). The maximum absolute atomic E-state index is 15.2. The van der Waals surface area contributed by atoms with E-state index < -0.39 is 0 Å². The van der Waals surface area contributed by atoms with Crippen molar-refractivity contribution in [3.05, 3.63) is 65.8 Å².